The van der Waals surface area contributed by atoms with Gasteiger partial charge in [-0.25, -0.2) is 4.79 Å². The first-order chi connectivity index (χ1) is 8.14. The molecule has 0 atom stereocenters. The number of hydrogen-bond donors (Lipinski definition) is 0. The maximum absolute atomic E-state index is 10.8. The molecule has 0 aromatic rings. The van der Waals surface area contributed by atoms with Crippen LogP contribution in [0.15, 0.2) is 12.7 Å². The van der Waals surface area contributed by atoms with Crippen LogP contribution >= 0.6 is 0 Å². The van der Waals surface area contributed by atoms with Crippen molar-refractivity contribution in [3.8, 4) is 0 Å². The Balaban J connectivity index is 4.10. The van der Waals surface area contributed by atoms with Crippen LogP contribution in [0.3, 0.4) is 0 Å². The summed E-state index contributed by atoms with van der Waals surface area (Å²) in [4.78, 5) is 10.8. The Bertz CT molecular complexity index is 228. The lowest BCUT2D eigenvalue weighted by molar-refractivity contribution is -0.146. The van der Waals surface area contributed by atoms with Gasteiger partial charge in [-0.3, -0.25) is 0 Å². The summed E-state index contributed by atoms with van der Waals surface area (Å²) in [5.74, 6) is -0.520. The van der Waals surface area contributed by atoms with Gasteiger partial charge in [0.25, 0.3) is 0 Å². The molecule has 0 aromatic carbocycles. The van der Waals surface area contributed by atoms with Gasteiger partial charge in [0.2, 0.25) is 0 Å². The molecule has 0 fully saturated rings. The molecule has 0 aromatic heterocycles. The molecule has 0 saturated carbocycles. The maximum Gasteiger partial charge on any atom is 0.502 e. The molecule has 0 bridgehead atoms. The van der Waals surface area contributed by atoms with Crippen molar-refractivity contribution < 1.29 is 22.8 Å². The normalized spacial score (nSPS) is 11.2. The lowest BCUT2D eigenvalue weighted by atomic mass is 10.3. The number of carbonyl (C=O) groups excluding carboxylic acids is 1. The van der Waals surface area contributed by atoms with Gasteiger partial charge in [-0.15, -0.1) is 0 Å². The SMILES string of the molecule is C=CC(=O)OCO[Si](CCCCC)(OC)OC. The fourth-order valence-corrected chi connectivity index (χ4v) is 3.18. The third-order valence-electron chi connectivity index (χ3n) is 2.36. The third kappa shape index (κ3) is 6.57. The first kappa shape index (κ1) is 16.3. The lowest BCUT2D eigenvalue weighted by Gasteiger charge is -2.25. The van der Waals surface area contributed by atoms with Gasteiger partial charge in [-0.2, -0.15) is 0 Å². The zero-order valence-electron chi connectivity index (χ0n) is 10.9. The average Bonchev–Trinajstić information content (AvgIpc) is 2.37. The Labute approximate surface area is 104 Å². The minimum atomic E-state index is -2.67. The highest BCUT2D eigenvalue weighted by Gasteiger charge is 2.38. The van der Waals surface area contributed by atoms with Gasteiger partial charge in [0, 0.05) is 26.3 Å². The van der Waals surface area contributed by atoms with Gasteiger partial charge in [-0.05, 0) is 6.42 Å². The van der Waals surface area contributed by atoms with Gasteiger partial charge in [0.1, 0.15) is 0 Å². The van der Waals surface area contributed by atoms with E-state index in [0.717, 1.165) is 31.4 Å². The molecular formula is C11H22O5Si. The molecule has 0 amide bonds. The maximum atomic E-state index is 10.8. The van der Waals surface area contributed by atoms with Crippen LogP contribution in [0, 0.1) is 0 Å². The summed E-state index contributed by atoms with van der Waals surface area (Å²) in [5, 5.41) is 0. The van der Waals surface area contributed by atoms with Crippen molar-refractivity contribution in [2.45, 2.75) is 32.2 Å². The van der Waals surface area contributed by atoms with E-state index in [1.54, 1.807) is 14.2 Å². The van der Waals surface area contributed by atoms with E-state index >= 15 is 0 Å². The Morgan fingerprint density at radius 1 is 1.29 bits per heavy atom. The van der Waals surface area contributed by atoms with Gasteiger partial charge in [0.15, 0.2) is 6.79 Å². The number of unbranched alkanes of at least 4 members (excludes halogenated alkanes) is 2. The van der Waals surface area contributed by atoms with E-state index in [2.05, 4.69) is 13.5 Å². The van der Waals surface area contributed by atoms with Crippen LogP contribution in [-0.2, 0) is 22.8 Å². The second-order valence-corrected chi connectivity index (χ2v) is 6.45. The van der Waals surface area contributed by atoms with Crippen molar-refractivity contribution in [2.24, 2.45) is 0 Å². The molecule has 17 heavy (non-hydrogen) atoms. The van der Waals surface area contributed by atoms with E-state index < -0.39 is 14.8 Å². The number of hydrogen-bond acceptors (Lipinski definition) is 5. The molecule has 0 radical (unpaired) electrons. The van der Waals surface area contributed by atoms with Crippen LogP contribution in [0.5, 0.6) is 0 Å². The molecule has 0 aliphatic heterocycles. The Hall–Kier alpha value is -0.693. The van der Waals surface area contributed by atoms with E-state index in [-0.39, 0.29) is 6.79 Å². The van der Waals surface area contributed by atoms with Crippen molar-refractivity contribution in [3.05, 3.63) is 12.7 Å². The van der Waals surface area contributed by atoms with Crippen LogP contribution in [0.4, 0.5) is 0 Å². The second kappa shape index (κ2) is 9.35. The number of carbonyl (C=O) groups is 1. The monoisotopic (exact) mass is 262 g/mol. The van der Waals surface area contributed by atoms with Gasteiger partial charge in [0.05, 0.1) is 0 Å². The lowest BCUT2D eigenvalue weighted by Crippen LogP contribution is -2.44. The average molecular weight is 262 g/mol. The van der Waals surface area contributed by atoms with Crippen molar-refractivity contribution in [1.82, 2.24) is 0 Å². The Morgan fingerprint density at radius 3 is 2.41 bits per heavy atom. The minimum Gasteiger partial charge on any atom is -0.436 e. The van der Waals surface area contributed by atoms with Crippen LogP contribution in [0.25, 0.3) is 0 Å². The molecule has 0 spiro atoms. The summed E-state index contributed by atoms with van der Waals surface area (Å²) in [6.45, 7) is 5.25. The molecule has 0 saturated heterocycles. The van der Waals surface area contributed by atoms with Crippen molar-refractivity contribution in [2.75, 3.05) is 21.0 Å². The summed E-state index contributed by atoms with van der Waals surface area (Å²) >= 11 is 0. The minimum absolute atomic E-state index is 0.162. The molecule has 0 rings (SSSR count). The molecule has 0 aliphatic rings. The predicted octanol–water partition coefficient (Wildman–Crippen LogP) is 2.11. The molecule has 0 unspecified atom stereocenters. The highest BCUT2D eigenvalue weighted by molar-refractivity contribution is 6.60. The summed E-state index contributed by atoms with van der Waals surface area (Å²) in [6.07, 6.45) is 4.27. The van der Waals surface area contributed by atoms with Crippen molar-refractivity contribution >= 4 is 14.8 Å². The van der Waals surface area contributed by atoms with E-state index in [0.29, 0.717) is 0 Å². The molecule has 100 valence electrons. The topological polar surface area (TPSA) is 54.0 Å². The number of rotatable bonds is 10. The second-order valence-electron chi connectivity index (χ2n) is 3.48. The smallest absolute Gasteiger partial charge is 0.436 e. The van der Waals surface area contributed by atoms with Crippen molar-refractivity contribution in [1.29, 1.82) is 0 Å². The molecule has 6 heteroatoms. The third-order valence-corrected chi connectivity index (χ3v) is 5.12. The molecule has 0 aliphatic carbocycles. The largest absolute Gasteiger partial charge is 0.502 e. The molecule has 5 nitrogen and oxygen atoms in total. The zero-order chi connectivity index (χ0) is 13.1. The first-order valence-electron chi connectivity index (χ1n) is 5.67. The van der Waals surface area contributed by atoms with Crippen LogP contribution in [0.2, 0.25) is 6.04 Å². The highest BCUT2D eigenvalue weighted by atomic mass is 28.4. The van der Waals surface area contributed by atoms with Gasteiger partial charge in [-0.1, -0.05) is 26.3 Å². The fourth-order valence-electron chi connectivity index (χ4n) is 1.31. The molecule has 0 heterocycles. The van der Waals surface area contributed by atoms with E-state index in [4.69, 9.17) is 18.0 Å². The Morgan fingerprint density at radius 2 is 1.94 bits per heavy atom. The summed E-state index contributed by atoms with van der Waals surface area (Å²) in [7, 11) is 0.433. The predicted molar refractivity (Wildman–Crippen MR) is 66.3 cm³/mol. The summed E-state index contributed by atoms with van der Waals surface area (Å²) in [6, 6.07) is 0.722. The molecule has 0 N–H and O–H groups in total. The van der Waals surface area contributed by atoms with Crippen LogP contribution < -0.4 is 0 Å². The van der Waals surface area contributed by atoms with Gasteiger partial charge < -0.3 is 18.0 Å². The number of esters is 1. The van der Waals surface area contributed by atoms with E-state index in [1.165, 1.54) is 0 Å². The fraction of sp³-hybridized carbons (Fsp3) is 0.727. The standard InChI is InChI=1S/C11H22O5Si/c1-5-7-8-9-17(13-3,14-4)16-10-15-11(12)6-2/h6H,2,5,7-10H2,1,3-4H3. The summed E-state index contributed by atoms with van der Waals surface area (Å²) < 4.78 is 20.9. The quantitative estimate of drug-likeness (QED) is 0.198. The summed E-state index contributed by atoms with van der Waals surface area (Å²) in [5.41, 5.74) is 0. The van der Waals surface area contributed by atoms with E-state index in [1.807, 2.05) is 0 Å². The van der Waals surface area contributed by atoms with Crippen molar-refractivity contribution in [3.63, 3.8) is 0 Å². The first-order valence-corrected chi connectivity index (χ1v) is 7.60. The van der Waals surface area contributed by atoms with Crippen LogP contribution in [0.1, 0.15) is 26.2 Å². The number of ether oxygens (including phenoxy) is 1. The van der Waals surface area contributed by atoms with Crippen LogP contribution in [-0.4, -0.2) is 35.8 Å². The Kier molecular flexibility index (Phi) is 8.97. The zero-order valence-corrected chi connectivity index (χ0v) is 11.9. The highest BCUT2D eigenvalue weighted by Crippen LogP contribution is 2.18. The molecular weight excluding hydrogens is 240 g/mol. The van der Waals surface area contributed by atoms with Gasteiger partial charge >= 0.3 is 14.8 Å². The van der Waals surface area contributed by atoms with E-state index in [9.17, 15) is 4.79 Å².